The first-order valence-electron chi connectivity index (χ1n) is 7.46. The minimum Gasteiger partial charge on any atom is -0.327 e. The van der Waals surface area contributed by atoms with Gasteiger partial charge in [-0.1, -0.05) is 17.7 Å². The Kier molecular flexibility index (Phi) is 4.75. The molecule has 0 aliphatic carbocycles. The van der Waals surface area contributed by atoms with Gasteiger partial charge in [-0.25, -0.2) is 0 Å². The van der Waals surface area contributed by atoms with Crippen molar-refractivity contribution in [2.45, 2.75) is 13.1 Å². The monoisotopic (exact) mass is 397 g/mol. The molecule has 0 aliphatic rings. The molecule has 0 saturated heterocycles. The molecule has 11 heteroatoms. The summed E-state index contributed by atoms with van der Waals surface area (Å²) in [6.45, 7) is 1.50. The summed E-state index contributed by atoms with van der Waals surface area (Å²) in [7, 11) is 0. The Bertz CT molecular complexity index is 1070. The van der Waals surface area contributed by atoms with Crippen LogP contribution >= 0.6 is 11.6 Å². The van der Waals surface area contributed by atoms with Crippen molar-refractivity contribution >= 4 is 23.2 Å². The van der Waals surface area contributed by atoms with Crippen LogP contribution in [0, 0.1) is 6.92 Å². The van der Waals surface area contributed by atoms with E-state index in [0.29, 0.717) is 23.0 Å². The van der Waals surface area contributed by atoms with Crippen molar-refractivity contribution in [2.75, 3.05) is 5.32 Å². The predicted molar refractivity (Wildman–Crippen MR) is 91.1 cm³/mol. The zero-order valence-corrected chi connectivity index (χ0v) is 14.4. The van der Waals surface area contributed by atoms with Crippen LogP contribution in [0.4, 0.5) is 18.9 Å². The molecule has 1 aromatic carbocycles. The average molecular weight is 398 g/mol. The third-order valence-corrected chi connectivity index (χ3v) is 3.75. The number of nitrogens with zero attached hydrogens (tertiary/aromatic N) is 3. The van der Waals surface area contributed by atoms with Crippen LogP contribution in [-0.2, 0) is 6.18 Å². The van der Waals surface area contributed by atoms with Gasteiger partial charge >= 0.3 is 6.18 Å². The Hall–Kier alpha value is -3.14. The molecule has 0 aliphatic heterocycles. The lowest BCUT2D eigenvalue weighted by atomic mass is 10.2. The molecule has 3 rings (SSSR count). The van der Waals surface area contributed by atoms with Gasteiger partial charge in [-0.3, -0.25) is 9.59 Å². The molecule has 0 spiro atoms. The lowest BCUT2D eigenvalue weighted by Gasteiger charge is -2.08. The Morgan fingerprint density at radius 3 is 2.67 bits per heavy atom. The number of pyridine rings is 1. The molecule has 27 heavy (non-hydrogen) atoms. The highest BCUT2D eigenvalue weighted by Crippen LogP contribution is 2.29. The van der Waals surface area contributed by atoms with Crippen LogP contribution < -0.4 is 10.9 Å². The number of hydrogen-bond donors (Lipinski definition) is 2. The minimum absolute atomic E-state index is 0.146. The summed E-state index contributed by atoms with van der Waals surface area (Å²) in [4.78, 5) is 27.2. The van der Waals surface area contributed by atoms with E-state index in [-0.39, 0.29) is 11.4 Å². The number of rotatable bonds is 3. The molecule has 0 bridgehead atoms. The summed E-state index contributed by atoms with van der Waals surface area (Å²) in [5.41, 5.74) is -1.97. The molecule has 0 unspecified atom stereocenters. The van der Waals surface area contributed by atoms with Crippen molar-refractivity contribution < 1.29 is 18.0 Å². The molecule has 2 heterocycles. The number of aryl methyl sites for hydroxylation is 1. The van der Waals surface area contributed by atoms with Gasteiger partial charge in [-0.2, -0.15) is 23.1 Å². The number of nitrogens with one attached hydrogen (secondary N) is 2. The fourth-order valence-electron chi connectivity index (χ4n) is 2.23. The molecule has 2 N–H and O–H groups in total. The minimum atomic E-state index is -4.67. The smallest absolute Gasteiger partial charge is 0.327 e. The van der Waals surface area contributed by atoms with E-state index in [2.05, 4.69) is 15.5 Å². The quantitative estimate of drug-likeness (QED) is 0.710. The van der Waals surface area contributed by atoms with Crippen molar-refractivity contribution in [1.82, 2.24) is 20.0 Å². The van der Waals surface area contributed by atoms with E-state index in [9.17, 15) is 22.8 Å². The Balaban J connectivity index is 1.91. The Labute approximate surface area is 154 Å². The molecular weight excluding hydrogens is 387 g/mol. The molecule has 3 aromatic rings. The van der Waals surface area contributed by atoms with Crippen molar-refractivity contribution in [3.8, 4) is 5.69 Å². The number of H-pyrrole nitrogens is 1. The van der Waals surface area contributed by atoms with Gasteiger partial charge in [-0.05, 0) is 31.2 Å². The molecule has 0 radical (unpaired) electrons. The van der Waals surface area contributed by atoms with Crippen LogP contribution in [0.2, 0.25) is 5.02 Å². The number of anilines is 1. The summed E-state index contributed by atoms with van der Waals surface area (Å²) < 4.78 is 38.3. The molecule has 140 valence electrons. The van der Waals surface area contributed by atoms with Crippen LogP contribution in [0.3, 0.4) is 0 Å². The Morgan fingerprint density at radius 2 is 2.00 bits per heavy atom. The van der Waals surface area contributed by atoms with E-state index < -0.39 is 28.9 Å². The first-order chi connectivity index (χ1) is 12.6. The zero-order chi connectivity index (χ0) is 19.8. The van der Waals surface area contributed by atoms with Crippen LogP contribution in [0.1, 0.15) is 21.7 Å². The van der Waals surface area contributed by atoms with Crippen molar-refractivity contribution in [2.24, 2.45) is 0 Å². The maximum Gasteiger partial charge on any atom is 0.417 e. The van der Waals surface area contributed by atoms with E-state index in [4.69, 9.17) is 11.6 Å². The summed E-state index contributed by atoms with van der Waals surface area (Å²) in [6, 6.07) is 7.09. The van der Waals surface area contributed by atoms with Gasteiger partial charge < -0.3 is 10.3 Å². The third-order valence-electron chi connectivity index (χ3n) is 3.52. The molecule has 2 aromatic heterocycles. The normalized spacial score (nSPS) is 11.4. The van der Waals surface area contributed by atoms with Gasteiger partial charge in [0.2, 0.25) is 0 Å². The fourth-order valence-corrected chi connectivity index (χ4v) is 2.41. The van der Waals surface area contributed by atoms with E-state index in [1.165, 1.54) is 6.92 Å². The number of benzene rings is 1. The number of halogens is 4. The van der Waals surface area contributed by atoms with Crippen LogP contribution in [0.15, 0.2) is 41.3 Å². The molecule has 7 nitrogen and oxygen atoms in total. The van der Waals surface area contributed by atoms with E-state index in [1.807, 2.05) is 4.98 Å². The standard InChI is InChI=1S/C16H11ClF3N5O2/c1-8-13(24-25(23-8)11-4-2-3-10(17)6-11)15(27)22-12-5-9(16(18,19)20)7-21-14(12)26/h2-7H,1H3,(H,21,26)(H,22,27). The zero-order valence-electron chi connectivity index (χ0n) is 13.6. The van der Waals surface area contributed by atoms with Crippen LogP contribution in [0.5, 0.6) is 0 Å². The number of hydrogen-bond acceptors (Lipinski definition) is 4. The van der Waals surface area contributed by atoms with Crippen molar-refractivity contribution in [3.05, 3.63) is 68.9 Å². The van der Waals surface area contributed by atoms with Crippen molar-refractivity contribution in [3.63, 3.8) is 0 Å². The summed E-state index contributed by atoms with van der Waals surface area (Å²) in [5.74, 6) is -0.870. The molecule has 0 atom stereocenters. The number of aromatic nitrogens is 4. The van der Waals surface area contributed by atoms with Crippen LogP contribution in [0.25, 0.3) is 5.69 Å². The van der Waals surface area contributed by atoms with Gasteiger partial charge in [0.1, 0.15) is 5.69 Å². The van der Waals surface area contributed by atoms with Gasteiger partial charge in [0.15, 0.2) is 5.69 Å². The summed E-state index contributed by atoms with van der Waals surface area (Å²) in [5, 5.41) is 10.7. The number of amides is 1. The van der Waals surface area contributed by atoms with Crippen LogP contribution in [-0.4, -0.2) is 25.9 Å². The topological polar surface area (TPSA) is 92.7 Å². The van der Waals surface area contributed by atoms with E-state index >= 15 is 0 Å². The fraction of sp³-hybridized carbons (Fsp3) is 0.125. The average Bonchev–Trinajstić information content (AvgIpc) is 2.98. The molecule has 0 fully saturated rings. The maximum absolute atomic E-state index is 12.8. The second kappa shape index (κ2) is 6.88. The molecular formula is C16H11ClF3N5O2. The lowest BCUT2D eigenvalue weighted by Crippen LogP contribution is -2.22. The lowest BCUT2D eigenvalue weighted by molar-refractivity contribution is -0.137. The molecule has 0 saturated carbocycles. The van der Waals surface area contributed by atoms with E-state index in [1.54, 1.807) is 24.3 Å². The first-order valence-corrected chi connectivity index (χ1v) is 7.84. The highest BCUT2D eigenvalue weighted by atomic mass is 35.5. The van der Waals surface area contributed by atoms with Gasteiger partial charge in [0.05, 0.1) is 16.9 Å². The summed E-state index contributed by atoms with van der Waals surface area (Å²) >= 11 is 5.90. The Morgan fingerprint density at radius 1 is 1.26 bits per heavy atom. The van der Waals surface area contributed by atoms with Gasteiger partial charge in [0, 0.05) is 11.2 Å². The molecule has 1 amide bonds. The first kappa shape index (κ1) is 18.6. The van der Waals surface area contributed by atoms with Gasteiger partial charge in [-0.15, -0.1) is 5.10 Å². The highest BCUT2D eigenvalue weighted by Gasteiger charge is 2.31. The van der Waals surface area contributed by atoms with E-state index in [0.717, 1.165) is 4.80 Å². The second-order valence-electron chi connectivity index (χ2n) is 5.49. The van der Waals surface area contributed by atoms with Gasteiger partial charge in [0.25, 0.3) is 11.5 Å². The highest BCUT2D eigenvalue weighted by molar-refractivity contribution is 6.30. The number of carbonyl (C=O) groups excluding carboxylic acids is 1. The second-order valence-corrected chi connectivity index (χ2v) is 5.92. The largest absolute Gasteiger partial charge is 0.417 e. The number of carbonyl (C=O) groups is 1. The predicted octanol–water partition coefficient (Wildman–Crippen LogP) is 3.19. The third kappa shape index (κ3) is 4.00. The number of aromatic amines is 1. The van der Waals surface area contributed by atoms with Crippen molar-refractivity contribution in [1.29, 1.82) is 0 Å². The number of alkyl halides is 3. The SMILES string of the molecule is Cc1nn(-c2cccc(Cl)c2)nc1C(=O)Nc1cc(C(F)(F)F)c[nH]c1=O. The maximum atomic E-state index is 12.8. The summed E-state index contributed by atoms with van der Waals surface area (Å²) in [6.07, 6.45) is -4.14.